The first kappa shape index (κ1) is 17.8. The Labute approximate surface area is 153 Å². The minimum Gasteiger partial charge on any atom is -0.306 e. The Balaban J connectivity index is 1.91. The molecule has 1 heterocycles. The number of urea groups is 2. The number of benzene rings is 1. The number of carbonyl (C=O) groups is 2. The Bertz CT molecular complexity index is 849. The Morgan fingerprint density at radius 1 is 1.35 bits per heavy atom. The molecule has 6 heteroatoms. The summed E-state index contributed by atoms with van der Waals surface area (Å²) >= 11 is 0. The van der Waals surface area contributed by atoms with Crippen LogP contribution in [-0.2, 0) is 0 Å². The lowest BCUT2D eigenvalue weighted by Crippen LogP contribution is -2.48. The zero-order valence-corrected chi connectivity index (χ0v) is 15.1. The van der Waals surface area contributed by atoms with Crippen LogP contribution in [0, 0.1) is 18.8 Å². The van der Waals surface area contributed by atoms with E-state index in [0.717, 1.165) is 5.56 Å². The molecule has 4 amide bonds. The van der Waals surface area contributed by atoms with Gasteiger partial charge >= 0.3 is 12.1 Å². The van der Waals surface area contributed by atoms with E-state index in [4.69, 9.17) is 0 Å². The average molecular weight is 350 g/mol. The molecule has 1 aliphatic carbocycles. The lowest BCUT2D eigenvalue weighted by molar-refractivity contribution is 0.224. The highest BCUT2D eigenvalue weighted by Gasteiger charge is 2.34. The van der Waals surface area contributed by atoms with Gasteiger partial charge in [-0.15, -0.1) is 0 Å². The molecule has 1 aromatic rings. The van der Waals surface area contributed by atoms with Gasteiger partial charge in [0.25, 0.3) is 0 Å². The van der Waals surface area contributed by atoms with Crippen molar-refractivity contribution >= 4 is 29.3 Å². The molecule has 1 unspecified atom stereocenters. The summed E-state index contributed by atoms with van der Waals surface area (Å²) in [5.41, 5.74) is 2.32. The van der Waals surface area contributed by atoms with E-state index in [1.165, 1.54) is 4.90 Å². The monoisotopic (exact) mass is 350 g/mol. The van der Waals surface area contributed by atoms with Crippen LogP contribution < -0.4 is 5.32 Å². The van der Waals surface area contributed by atoms with Crippen LogP contribution in [-0.4, -0.2) is 35.1 Å². The van der Waals surface area contributed by atoms with E-state index in [1.807, 2.05) is 57.2 Å². The molecule has 0 saturated heterocycles. The number of nitrogens with one attached hydrogen (secondary N) is 1. The first-order valence-electron chi connectivity index (χ1n) is 8.65. The third kappa shape index (κ3) is 3.96. The van der Waals surface area contributed by atoms with Crippen LogP contribution in [0.3, 0.4) is 0 Å². The lowest BCUT2D eigenvalue weighted by Gasteiger charge is -2.32. The van der Waals surface area contributed by atoms with Crippen molar-refractivity contribution in [1.82, 2.24) is 4.90 Å². The lowest BCUT2D eigenvalue weighted by atomic mass is 9.94. The maximum Gasteiger partial charge on any atom is 0.349 e. The van der Waals surface area contributed by atoms with Crippen molar-refractivity contribution in [3.05, 3.63) is 54.1 Å². The molecule has 3 rings (SSSR count). The molecule has 0 saturated carbocycles. The van der Waals surface area contributed by atoms with Crippen LogP contribution in [0.2, 0.25) is 0 Å². The van der Waals surface area contributed by atoms with E-state index < -0.39 is 6.03 Å². The standard InChI is InChI=1S/C20H22N4O2/c1-13(2)12-24-18(16-9-4-5-10-17(16)22-20(24)26)23-19(25)21-15-8-6-7-14(3)11-15/h4-11,13,16H,12H2,1-3H3,(H,21,25)/b23-18+. The van der Waals surface area contributed by atoms with Gasteiger partial charge < -0.3 is 5.32 Å². The van der Waals surface area contributed by atoms with Crippen molar-refractivity contribution in [2.45, 2.75) is 20.8 Å². The predicted molar refractivity (Wildman–Crippen MR) is 104 cm³/mol. The number of aliphatic imine (C=N–C) groups is 2. The Morgan fingerprint density at radius 3 is 2.88 bits per heavy atom. The van der Waals surface area contributed by atoms with Gasteiger partial charge in [0.1, 0.15) is 5.84 Å². The number of nitrogens with zero attached hydrogens (tertiary/aromatic N) is 3. The predicted octanol–water partition coefficient (Wildman–Crippen LogP) is 4.20. The number of hydrogen-bond donors (Lipinski definition) is 1. The fraction of sp³-hybridized carbons (Fsp3) is 0.300. The van der Waals surface area contributed by atoms with Crippen LogP contribution >= 0.6 is 0 Å². The minimum absolute atomic E-state index is 0.226. The number of carbonyl (C=O) groups excluding carboxylic acids is 2. The van der Waals surface area contributed by atoms with E-state index in [0.29, 0.717) is 23.8 Å². The zero-order chi connectivity index (χ0) is 18.7. The van der Waals surface area contributed by atoms with E-state index in [-0.39, 0.29) is 17.9 Å². The van der Waals surface area contributed by atoms with Crippen molar-refractivity contribution in [3.8, 4) is 0 Å². The molecular weight excluding hydrogens is 328 g/mol. The van der Waals surface area contributed by atoms with Crippen LogP contribution in [0.4, 0.5) is 15.3 Å². The molecular formula is C20H22N4O2. The van der Waals surface area contributed by atoms with E-state index >= 15 is 0 Å². The molecule has 1 N–H and O–H groups in total. The highest BCUT2D eigenvalue weighted by Crippen LogP contribution is 2.22. The first-order valence-corrected chi connectivity index (χ1v) is 8.65. The summed E-state index contributed by atoms with van der Waals surface area (Å²) in [7, 11) is 0. The van der Waals surface area contributed by atoms with Crippen LogP contribution in [0.1, 0.15) is 19.4 Å². The molecule has 0 spiro atoms. The summed E-state index contributed by atoms with van der Waals surface area (Å²) in [6.45, 7) is 6.43. The fourth-order valence-corrected chi connectivity index (χ4v) is 2.94. The topological polar surface area (TPSA) is 74.1 Å². The number of aryl methyl sites for hydroxylation is 1. The normalized spacial score (nSPS) is 20.4. The van der Waals surface area contributed by atoms with Gasteiger partial charge in [-0.05, 0) is 36.6 Å². The van der Waals surface area contributed by atoms with Crippen LogP contribution in [0.25, 0.3) is 0 Å². The molecule has 0 bridgehead atoms. The Kier molecular flexibility index (Phi) is 5.11. The first-order chi connectivity index (χ1) is 12.4. The van der Waals surface area contributed by atoms with Gasteiger partial charge in [0.15, 0.2) is 0 Å². The van der Waals surface area contributed by atoms with Gasteiger partial charge in [-0.1, -0.05) is 44.2 Å². The quantitative estimate of drug-likeness (QED) is 0.887. The average Bonchev–Trinajstić information content (AvgIpc) is 2.57. The second-order valence-electron chi connectivity index (χ2n) is 6.82. The molecule has 1 atom stereocenters. The number of hydrogen-bond acceptors (Lipinski definition) is 2. The minimum atomic E-state index is -0.503. The number of rotatable bonds is 3. The highest BCUT2D eigenvalue weighted by atomic mass is 16.2. The van der Waals surface area contributed by atoms with Gasteiger partial charge in [-0.2, -0.15) is 9.98 Å². The largest absolute Gasteiger partial charge is 0.349 e. The number of amidine groups is 1. The van der Waals surface area contributed by atoms with Gasteiger partial charge in [0.2, 0.25) is 0 Å². The van der Waals surface area contributed by atoms with E-state index in [1.54, 1.807) is 12.1 Å². The smallest absolute Gasteiger partial charge is 0.306 e. The van der Waals surface area contributed by atoms with Gasteiger partial charge in [0, 0.05) is 12.2 Å². The maximum atomic E-state index is 12.5. The molecule has 134 valence electrons. The summed E-state index contributed by atoms with van der Waals surface area (Å²) in [4.78, 5) is 34.8. The SMILES string of the molecule is Cc1cccc(NC(=O)/N=C2\C3C=CC=CC3=NC(=O)N2CC(C)C)c1. The summed E-state index contributed by atoms with van der Waals surface area (Å²) in [6.07, 6.45) is 7.38. The molecule has 1 aromatic carbocycles. The highest BCUT2D eigenvalue weighted by molar-refractivity contribution is 6.24. The third-order valence-corrected chi connectivity index (χ3v) is 4.04. The molecule has 0 fully saturated rings. The third-order valence-electron chi connectivity index (χ3n) is 4.04. The maximum absolute atomic E-state index is 12.5. The van der Waals surface area contributed by atoms with Crippen molar-refractivity contribution in [3.63, 3.8) is 0 Å². The van der Waals surface area contributed by atoms with Gasteiger partial charge in [0.05, 0.1) is 11.6 Å². The van der Waals surface area contributed by atoms with Crippen molar-refractivity contribution in [1.29, 1.82) is 0 Å². The Hall–Kier alpha value is -3.02. The molecule has 26 heavy (non-hydrogen) atoms. The number of anilines is 1. The number of allylic oxidation sites excluding steroid dienone is 3. The van der Waals surface area contributed by atoms with Crippen LogP contribution in [0.15, 0.2) is 58.6 Å². The molecule has 0 radical (unpaired) electrons. The van der Waals surface area contributed by atoms with Gasteiger partial charge in [-0.3, -0.25) is 4.90 Å². The van der Waals surface area contributed by atoms with E-state index in [2.05, 4.69) is 15.3 Å². The summed E-state index contributed by atoms with van der Waals surface area (Å²) in [6, 6.07) is 6.61. The molecule has 1 aliphatic heterocycles. The molecule has 0 aromatic heterocycles. The number of fused-ring (bicyclic) bond motifs is 1. The van der Waals surface area contributed by atoms with Crippen molar-refractivity contribution in [2.75, 3.05) is 11.9 Å². The zero-order valence-electron chi connectivity index (χ0n) is 15.1. The summed E-state index contributed by atoms with van der Waals surface area (Å²) < 4.78 is 0. The second-order valence-corrected chi connectivity index (χ2v) is 6.82. The summed E-state index contributed by atoms with van der Waals surface area (Å²) in [5, 5.41) is 2.77. The van der Waals surface area contributed by atoms with Crippen LogP contribution in [0.5, 0.6) is 0 Å². The Morgan fingerprint density at radius 2 is 2.15 bits per heavy atom. The fourth-order valence-electron chi connectivity index (χ4n) is 2.94. The molecule has 2 aliphatic rings. The number of amides is 4. The van der Waals surface area contributed by atoms with Crippen molar-refractivity contribution < 1.29 is 9.59 Å². The summed E-state index contributed by atoms with van der Waals surface area (Å²) in [5.74, 6) is 0.350. The van der Waals surface area contributed by atoms with Gasteiger partial charge in [-0.25, -0.2) is 9.59 Å². The van der Waals surface area contributed by atoms with E-state index in [9.17, 15) is 9.59 Å². The second kappa shape index (κ2) is 7.47. The molecule has 6 nitrogen and oxygen atoms in total. The van der Waals surface area contributed by atoms with Crippen molar-refractivity contribution in [2.24, 2.45) is 21.8 Å².